The normalized spacial score (nSPS) is 10.7. The monoisotopic (exact) mass is 286 g/mol. The van der Waals surface area contributed by atoms with E-state index in [0.717, 1.165) is 34.1 Å². The van der Waals surface area contributed by atoms with Gasteiger partial charge >= 0.3 is 0 Å². The molecule has 0 aliphatic carbocycles. The van der Waals surface area contributed by atoms with Crippen molar-refractivity contribution >= 4 is 11.8 Å². The molecule has 2 rings (SSSR count). The van der Waals surface area contributed by atoms with E-state index in [9.17, 15) is 5.26 Å². The molecule has 3 nitrogen and oxygen atoms in total. The fourth-order valence-electron chi connectivity index (χ4n) is 1.77. The third-order valence-corrected chi connectivity index (χ3v) is 3.92. The van der Waals surface area contributed by atoms with E-state index < -0.39 is 0 Å². The summed E-state index contributed by atoms with van der Waals surface area (Å²) in [6.45, 7) is 5.01. The second-order valence-electron chi connectivity index (χ2n) is 4.85. The highest BCUT2D eigenvalue weighted by atomic mass is 32.2. The first-order chi connectivity index (χ1) is 9.69. The van der Waals surface area contributed by atoms with E-state index >= 15 is 0 Å². The molecule has 0 saturated carbocycles. The zero-order chi connectivity index (χ0) is 14.4. The minimum atomic E-state index is 0.438. The van der Waals surface area contributed by atoms with E-state index in [1.165, 1.54) is 0 Å². The van der Waals surface area contributed by atoms with Gasteiger partial charge in [-0.15, -0.1) is 11.8 Å². The average molecular weight is 286 g/mol. The SMILES string of the molecule is CC(C)NCc1ccc(SCc2ccco2)c(C#N)c1. The summed E-state index contributed by atoms with van der Waals surface area (Å²) in [7, 11) is 0. The molecule has 0 atom stereocenters. The van der Waals surface area contributed by atoms with Crippen LogP contribution in [-0.4, -0.2) is 6.04 Å². The Hall–Kier alpha value is -1.70. The van der Waals surface area contributed by atoms with Crippen LogP contribution >= 0.6 is 11.8 Å². The van der Waals surface area contributed by atoms with Crippen molar-refractivity contribution in [1.29, 1.82) is 5.26 Å². The maximum atomic E-state index is 9.27. The first-order valence-corrected chi connectivity index (χ1v) is 7.59. The Labute approximate surface area is 124 Å². The summed E-state index contributed by atoms with van der Waals surface area (Å²) >= 11 is 1.63. The molecule has 20 heavy (non-hydrogen) atoms. The zero-order valence-electron chi connectivity index (χ0n) is 11.7. The number of rotatable bonds is 6. The van der Waals surface area contributed by atoms with Crippen LogP contribution in [0.1, 0.15) is 30.7 Å². The summed E-state index contributed by atoms with van der Waals surface area (Å²) in [6.07, 6.45) is 1.67. The lowest BCUT2D eigenvalue weighted by atomic mass is 10.1. The van der Waals surface area contributed by atoms with Gasteiger partial charge in [0.05, 0.1) is 17.6 Å². The molecule has 0 aliphatic rings. The number of benzene rings is 1. The molecule has 104 valence electrons. The number of nitriles is 1. The minimum absolute atomic E-state index is 0.438. The molecule has 2 aromatic rings. The van der Waals surface area contributed by atoms with E-state index in [0.29, 0.717) is 6.04 Å². The van der Waals surface area contributed by atoms with Gasteiger partial charge in [-0.05, 0) is 29.8 Å². The van der Waals surface area contributed by atoms with Gasteiger partial charge in [0.2, 0.25) is 0 Å². The highest BCUT2D eigenvalue weighted by molar-refractivity contribution is 7.98. The molecule has 1 heterocycles. The van der Waals surface area contributed by atoms with Crippen molar-refractivity contribution in [3.63, 3.8) is 0 Å². The largest absolute Gasteiger partial charge is 0.468 e. The van der Waals surface area contributed by atoms with E-state index in [4.69, 9.17) is 4.42 Å². The number of furan rings is 1. The van der Waals surface area contributed by atoms with Gasteiger partial charge in [-0.1, -0.05) is 19.9 Å². The Morgan fingerprint density at radius 1 is 1.35 bits per heavy atom. The van der Waals surface area contributed by atoms with Gasteiger partial charge in [0.15, 0.2) is 0 Å². The standard InChI is InChI=1S/C16H18N2OS/c1-12(2)18-10-13-5-6-16(14(8-13)9-17)20-11-15-4-3-7-19-15/h3-8,12,18H,10-11H2,1-2H3. The van der Waals surface area contributed by atoms with Gasteiger partial charge in [0.1, 0.15) is 11.8 Å². The number of nitrogens with zero attached hydrogens (tertiary/aromatic N) is 1. The van der Waals surface area contributed by atoms with Crippen LogP contribution in [0, 0.1) is 11.3 Å². The molecule has 1 aromatic heterocycles. The highest BCUT2D eigenvalue weighted by Gasteiger charge is 2.06. The molecule has 0 saturated heterocycles. The van der Waals surface area contributed by atoms with Crippen LogP contribution in [0.15, 0.2) is 45.9 Å². The smallest absolute Gasteiger partial charge is 0.113 e. The van der Waals surface area contributed by atoms with Crippen molar-refractivity contribution in [3.05, 3.63) is 53.5 Å². The molecular weight excluding hydrogens is 268 g/mol. The van der Waals surface area contributed by atoms with Crippen molar-refractivity contribution in [2.45, 2.75) is 37.1 Å². The topological polar surface area (TPSA) is 49.0 Å². The maximum Gasteiger partial charge on any atom is 0.113 e. The van der Waals surface area contributed by atoms with Crippen LogP contribution in [0.25, 0.3) is 0 Å². The van der Waals surface area contributed by atoms with Crippen LogP contribution < -0.4 is 5.32 Å². The fraction of sp³-hybridized carbons (Fsp3) is 0.312. The molecule has 4 heteroatoms. The lowest BCUT2D eigenvalue weighted by Crippen LogP contribution is -2.21. The molecule has 0 unspecified atom stereocenters. The lowest BCUT2D eigenvalue weighted by Gasteiger charge is -2.10. The lowest BCUT2D eigenvalue weighted by molar-refractivity contribution is 0.530. The molecule has 1 aromatic carbocycles. The van der Waals surface area contributed by atoms with E-state index in [2.05, 4.69) is 31.3 Å². The number of nitrogens with one attached hydrogen (secondary N) is 1. The average Bonchev–Trinajstić information content (AvgIpc) is 2.96. The second-order valence-corrected chi connectivity index (χ2v) is 5.86. The number of hydrogen-bond donors (Lipinski definition) is 1. The minimum Gasteiger partial charge on any atom is -0.468 e. The summed E-state index contributed by atoms with van der Waals surface area (Å²) in [5.74, 6) is 1.66. The number of thioether (sulfide) groups is 1. The van der Waals surface area contributed by atoms with Crippen LogP contribution in [0.2, 0.25) is 0 Å². The molecule has 0 fully saturated rings. The van der Waals surface area contributed by atoms with Gasteiger partial charge in [0.25, 0.3) is 0 Å². The summed E-state index contributed by atoms with van der Waals surface area (Å²) in [4.78, 5) is 0.997. The second kappa shape index (κ2) is 7.18. The summed E-state index contributed by atoms with van der Waals surface area (Å²) in [5.41, 5.74) is 1.86. The fourth-order valence-corrected chi connectivity index (χ4v) is 2.65. The number of hydrogen-bond acceptors (Lipinski definition) is 4. The van der Waals surface area contributed by atoms with Crippen molar-refractivity contribution in [3.8, 4) is 6.07 Å². The van der Waals surface area contributed by atoms with E-state index in [-0.39, 0.29) is 0 Å². The Bertz CT molecular complexity index is 585. The third kappa shape index (κ3) is 4.16. The molecule has 0 radical (unpaired) electrons. The molecule has 0 spiro atoms. The molecule has 0 bridgehead atoms. The van der Waals surface area contributed by atoms with Crippen molar-refractivity contribution in [2.75, 3.05) is 0 Å². The highest BCUT2D eigenvalue weighted by Crippen LogP contribution is 2.27. The molecule has 0 amide bonds. The van der Waals surface area contributed by atoms with Gasteiger partial charge in [-0.2, -0.15) is 5.26 Å². The summed E-state index contributed by atoms with van der Waals surface area (Å²) in [6, 6.07) is 12.6. The Morgan fingerprint density at radius 3 is 2.85 bits per heavy atom. The Balaban J connectivity index is 2.04. The first-order valence-electron chi connectivity index (χ1n) is 6.60. The third-order valence-electron chi connectivity index (χ3n) is 2.83. The van der Waals surface area contributed by atoms with Gasteiger partial charge in [-0.3, -0.25) is 0 Å². The van der Waals surface area contributed by atoms with Crippen LogP contribution in [-0.2, 0) is 12.3 Å². The van der Waals surface area contributed by atoms with Crippen LogP contribution in [0.4, 0.5) is 0 Å². The first kappa shape index (κ1) is 14.7. The molecular formula is C16H18N2OS. The van der Waals surface area contributed by atoms with Crippen LogP contribution in [0.3, 0.4) is 0 Å². The predicted octanol–water partition coefficient (Wildman–Crippen LogP) is 3.94. The van der Waals surface area contributed by atoms with Gasteiger partial charge in [-0.25, -0.2) is 0 Å². The van der Waals surface area contributed by atoms with Gasteiger partial charge in [0, 0.05) is 17.5 Å². The summed E-state index contributed by atoms with van der Waals surface area (Å²) < 4.78 is 5.30. The van der Waals surface area contributed by atoms with Crippen LogP contribution in [0.5, 0.6) is 0 Å². The summed E-state index contributed by atoms with van der Waals surface area (Å²) in [5, 5.41) is 12.6. The zero-order valence-corrected chi connectivity index (χ0v) is 12.5. The van der Waals surface area contributed by atoms with E-state index in [1.54, 1.807) is 18.0 Å². The maximum absolute atomic E-state index is 9.27. The van der Waals surface area contributed by atoms with Crippen molar-refractivity contribution < 1.29 is 4.42 Å². The van der Waals surface area contributed by atoms with Gasteiger partial charge < -0.3 is 9.73 Å². The Morgan fingerprint density at radius 2 is 2.20 bits per heavy atom. The van der Waals surface area contributed by atoms with Crippen molar-refractivity contribution in [2.24, 2.45) is 0 Å². The quantitative estimate of drug-likeness (QED) is 0.817. The molecule has 1 N–H and O–H groups in total. The Kier molecular flexibility index (Phi) is 5.28. The predicted molar refractivity (Wildman–Crippen MR) is 81.4 cm³/mol. The van der Waals surface area contributed by atoms with Crippen molar-refractivity contribution in [1.82, 2.24) is 5.32 Å². The van der Waals surface area contributed by atoms with E-state index in [1.807, 2.05) is 24.3 Å². The molecule has 0 aliphatic heterocycles.